The highest BCUT2D eigenvalue weighted by molar-refractivity contribution is 7.80. The zero-order valence-electron chi connectivity index (χ0n) is 8.13. The molecule has 0 radical (unpaired) electrons. The molecule has 0 aliphatic carbocycles. The summed E-state index contributed by atoms with van der Waals surface area (Å²) in [6, 6.07) is 0.574. The van der Waals surface area contributed by atoms with Crippen LogP contribution in [0.15, 0.2) is 0 Å². The fourth-order valence-corrected chi connectivity index (χ4v) is 1.58. The Hall–Kier alpha value is -0.230. The van der Waals surface area contributed by atoms with Gasteiger partial charge in [0.1, 0.15) is 0 Å². The normalized spacial score (nSPS) is 29.2. The highest BCUT2D eigenvalue weighted by atomic mass is 32.1. The highest BCUT2D eigenvalue weighted by Gasteiger charge is 2.21. The number of hydrogen-bond acceptors (Lipinski definition) is 4. The van der Waals surface area contributed by atoms with Crippen molar-refractivity contribution >= 4 is 17.2 Å². The van der Waals surface area contributed by atoms with Gasteiger partial charge in [0.2, 0.25) is 0 Å². The third-order valence-electron chi connectivity index (χ3n) is 1.98. The molecule has 0 aromatic heterocycles. The molecule has 1 heterocycles. The van der Waals surface area contributed by atoms with Crippen LogP contribution in [-0.2, 0) is 0 Å². The largest absolute Gasteiger partial charge is 0.392 e. The Balaban J connectivity index is 2.37. The first kappa shape index (κ1) is 10.8. The monoisotopic (exact) mass is 202 g/mol. The minimum Gasteiger partial charge on any atom is -0.392 e. The van der Waals surface area contributed by atoms with E-state index in [9.17, 15) is 0 Å². The Morgan fingerprint density at radius 3 is 2.77 bits per heavy atom. The summed E-state index contributed by atoms with van der Waals surface area (Å²) in [6.07, 6.45) is 0.264. The molecule has 5 heteroatoms. The summed E-state index contributed by atoms with van der Waals surface area (Å²) < 4.78 is 0. The molecule has 5 N–H and O–H groups in total. The van der Waals surface area contributed by atoms with Crippen LogP contribution in [0.1, 0.15) is 13.8 Å². The quantitative estimate of drug-likeness (QED) is 0.450. The van der Waals surface area contributed by atoms with E-state index in [1.165, 1.54) is 0 Å². The Kier molecular flexibility index (Phi) is 4.05. The van der Waals surface area contributed by atoms with Crippen molar-refractivity contribution in [3.63, 3.8) is 0 Å². The van der Waals surface area contributed by atoms with E-state index in [1.807, 2.05) is 0 Å². The number of nitrogens with two attached hydrogens (primary N) is 1. The van der Waals surface area contributed by atoms with Gasteiger partial charge in [-0.15, -0.1) is 0 Å². The molecule has 1 saturated heterocycles. The van der Waals surface area contributed by atoms with Crippen LogP contribution in [0, 0.1) is 0 Å². The van der Waals surface area contributed by atoms with Crippen LogP contribution < -0.4 is 21.7 Å². The molecule has 0 amide bonds. The van der Waals surface area contributed by atoms with E-state index in [-0.39, 0.29) is 12.2 Å². The summed E-state index contributed by atoms with van der Waals surface area (Å²) in [6.45, 7) is 5.97. The predicted octanol–water partition coefficient (Wildman–Crippen LogP) is -0.842. The Labute approximate surface area is 84.6 Å². The average molecular weight is 202 g/mol. The van der Waals surface area contributed by atoms with Crippen molar-refractivity contribution in [1.82, 2.24) is 16.0 Å². The van der Waals surface area contributed by atoms with E-state index in [0.29, 0.717) is 11.0 Å². The average Bonchev–Trinajstić information content (AvgIpc) is 2.03. The molecule has 0 bridgehead atoms. The maximum atomic E-state index is 5.56. The van der Waals surface area contributed by atoms with Crippen LogP contribution in [0.4, 0.5) is 0 Å². The van der Waals surface area contributed by atoms with Gasteiger partial charge in [0, 0.05) is 19.1 Å². The third-order valence-corrected chi connectivity index (χ3v) is 2.26. The van der Waals surface area contributed by atoms with Crippen LogP contribution in [0.2, 0.25) is 0 Å². The molecule has 76 valence electrons. The highest BCUT2D eigenvalue weighted by Crippen LogP contribution is 1.93. The Morgan fingerprint density at radius 2 is 2.23 bits per heavy atom. The molecule has 1 rings (SSSR count). The lowest BCUT2D eigenvalue weighted by molar-refractivity contribution is 0.317. The van der Waals surface area contributed by atoms with E-state index in [4.69, 9.17) is 18.0 Å². The van der Waals surface area contributed by atoms with Gasteiger partial charge in [-0.3, -0.25) is 10.6 Å². The predicted molar refractivity (Wildman–Crippen MR) is 58.6 cm³/mol. The number of thiocarbonyl (C=S) groups is 1. The lowest BCUT2D eigenvalue weighted by Gasteiger charge is -2.32. The van der Waals surface area contributed by atoms with Gasteiger partial charge < -0.3 is 11.1 Å². The summed E-state index contributed by atoms with van der Waals surface area (Å²) in [5.74, 6) is 0. The van der Waals surface area contributed by atoms with E-state index < -0.39 is 0 Å². The number of rotatable bonds is 3. The van der Waals surface area contributed by atoms with Crippen LogP contribution >= 0.6 is 12.2 Å². The summed E-state index contributed by atoms with van der Waals surface area (Å²) in [7, 11) is 0. The van der Waals surface area contributed by atoms with Crippen LogP contribution in [0.3, 0.4) is 0 Å². The minimum atomic E-state index is 0.111. The summed E-state index contributed by atoms with van der Waals surface area (Å²) >= 11 is 4.93. The molecule has 0 saturated carbocycles. The van der Waals surface area contributed by atoms with Crippen molar-refractivity contribution in [2.45, 2.75) is 32.1 Å². The second kappa shape index (κ2) is 4.85. The first-order valence-electron chi connectivity index (χ1n) is 4.61. The molecule has 0 aromatic rings. The van der Waals surface area contributed by atoms with Crippen LogP contribution in [0.25, 0.3) is 0 Å². The van der Waals surface area contributed by atoms with Crippen molar-refractivity contribution in [1.29, 1.82) is 0 Å². The second-order valence-corrected chi connectivity index (χ2v) is 4.13. The van der Waals surface area contributed by atoms with Gasteiger partial charge in [-0.25, -0.2) is 0 Å². The Bertz CT molecular complexity index is 183. The van der Waals surface area contributed by atoms with Gasteiger partial charge >= 0.3 is 0 Å². The summed E-state index contributed by atoms with van der Waals surface area (Å²) in [5.41, 5.74) is 5.56. The third kappa shape index (κ3) is 3.56. The SMILES string of the molecule is CC(C)N[C@@H]1CNC[C@H](C(N)=S)N1. The first-order valence-corrected chi connectivity index (χ1v) is 5.02. The maximum absolute atomic E-state index is 5.56. The fourth-order valence-electron chi connectivity index (χ4n) is 1.42. The molecule has 2 atom stereocenters. The fraction of sp³-hybridized carbons (Fsp3) is 0.875. The molecular weight excluding hydrogens is 184 g/mol. The molecule has 0 aromatic carbocycles. The zero-order valence-corrected chi connectivity index (χ0v) is 8.95. The number of hydrogen-bond donors (Lipinski definition) is 4. The molecule has 4 nitrogen and oxygen atoms in total. The minimum absolute atomic E-state index is 0.111. The second-order valence-electron chi connectivity index (χ2n) is 3.65. The standard InChI is InChI=1S/C8H18N4S/c1-5(2)11-7-4-10-3-6(12-7)8(9)13/h5-7,10-12H,3-4H2,1-2H3,(H2,9,13)/t6-,7+/m1/s1. The van der Waals surface area contributed by atoms with Crippen LogP contribution in [-0.4, -0.2) is 36.3 Å². The van der Waals surface area contributed by atoms with E-state index in [2.05, 4.69) is 29.8 Å². The van der Waals surface area contributed by atoms with Crippen molar-refractivity contribution in [2.75, 3.05) is 13.1 Å². The molecule has 1 fully saturated rings. The van der Waals surface area contributed by atoms with Gasteiger partial charge in [-0.05, 0) is 13.8 Å². The van der Waals surface area contributed by atoms with Gasteiger partial charge in [0.25, 0.3) is 0 Å². The van der Waals surface area contributed by atoms with Crippen LogP contribution in [0.5, 0.6) is 0 Å². The van der Waals surface area contributed by atoms with Gasteiger partial charge in [-0.2, -0.15) is 0 Å². The molecule has 13 heavy (non-hydrogen) atoms. The molecule has 0 unspecified atom stereocenters. The van der Waals surface area contributed by atoms with Crippen molar-refractivity contribution in [3.8, 4) is 0 Å². The first-order chi connectivity index (χ1) is 6.09. The Morgan fingerprint density at radius 1 is 1.54 bits per heavy atom. The smallest absolute Gasteiger partial charge is 0.0913 e. The van der Waals surface area contributed by atoms with Crippen molar-refractivity contribution < 1.29 is 0 Å². The van der Waals surface area contributed by atoms with Gasteiger partial charge in [0.05, 0.1) is 17.2 Å². The van der Waals surface area contributed by atoms with E-state index in [1.54, 1.807) is 0 Å². The molecular formula is C8H18N4S. The zero-order chi connectivity index (χ0) is 9.84. The van der Waals surface area contributed by atoms with Gasteiger partial charge in [-0.1, -0.05) is 12.2 Å². The van der Waals surface area contributed by atoms with Crippen molar-refractivity contribution in [3.05, 3.63) is 0 Å². The molecule has 0 spiro atoms. The van der Waals surface area contributed by atoms with E-state index >= 15 is 0 Å². The molecule has 1 aliphatic rings. The van der Waals surface area contributed by atoms with Gasteiger partial charge in [0.15, 0.2) is 0 Å². The summed E-state index contributed by atoms with van der Waals surface area (Å²) in [4.78, 5) is 0.530. The number of nitrogens with one attached hydrogen (secondary N) is 3. The van der Waals surface area contributed by atoms with E-state index in [0.717, 1.165) is 13.1 Å². The topological polar surface area (TPSA) is 62.1 Å². The lowest BCUT2D eigenvalue weighted by atomic mass is 10.2. The maximum Gasteiger partial charge on any atom is 0.0913 e. The number of piperazine rings is 1. The van der Waals surface area contributed by atoms with Crippen molar-refractivity contribution in [2.24, 2.45) is 5.73 Å². The lowest BCUT2D eigenvalue weighted by Crippen LogP contribution is -2.64. The molecule has 1 aliphatic heterocycles. The summed E-state index contributed by atoms with van der Waals surface area (Å²) in [5, 5.41) is 10.0.